The lowest BCUT2D eigenvalue weighted by Gasteiger charge is -2.08. The summed E-state index contributed by atoms with van der Waals surface area (Å²) in [7, 11) is 0. The van der Waals surface area contributed by atoms with E-state index in [1.807, 2.05) is 0 Å². The van der Waals surface area contributed by atoms with Crippen molar-refractivity contribution in [1.29, 1.82) is 0 Å². The van der Waals surface area contributed by atoms with Gasteiger partial charge in [0, 0.05) is 0 Å². The standard InChI is InChI=1S/C8H8F3NO2/c1-5(2)4-7(8(9,10)11)6(3)12(13)14/h4H,1,3H2,2H3/b7-4+. The molecule has 0 N–H and O–H groups in total. The van der Waals surface area contributed by atoms with E-state index in [1.165, 1.54) is 6.92 Å². The molecule has 0 rings (SSSR count). The molecule has 3 nitrogen and oxygen atoms in total. The van der Waals surface area contributed by atoms with Gasteiger partial charge in [0.05, 0.1) is 4.92 Å². The lowest BCUT2D eigenvalue weighted by atomic mass is 10.1. The van der Waals surface area contributed by atoms with Crippen molar-refractivity contribution in [3.05, 3.63) is 46.2 Å². The van der Waals surface area contributed by atoms with E-state index in [0.29, 0.717) is 6.08 Å². The first-order valence-electron chi connectivity index (χ1n) is 3.44. The Morgan fingerprint density at radius 2 is 1.86 bits per heavy atom. The minimum absolute atomic E-state index is 0.0697. The highest BCUT2D eigenvalue weighted by Gasteiger charge is 2.40. The van der Waals surface area contributed by atoms with Gasteiger partial charge in [0.2, 0.25) is 0 Å². The molecule has 6 heteroatoms. The van der Waals surface area contributed by atoms with Crippen molar-refractivity contribution < 1.29 is 18.1 Å². The Labute approximate surface area is 78.4 Å². The van der Waals surface area contributed by atoms with Crippen molar-refractivity contribution in [3.8, 4) is 0 Å². The van der Waals surface area contributed by atoms with Gasteiger partial charge < -0.3 is 0 Å². The smallest absolute Gasteiger partial charge is 0.258 e. The zero-order valence-corrected chi connectivity index (χ0v) is 7.39. The van der Waals surface area contributed by atoms with Crippen molar-refractivity contribution >= 4 is 0 Å². The third-order valence-electron chi connectivity index (χ3n) is 1.23. The zero-order valence-electron chi connectivity index (χ0n) is 7.39. The van der Waals surface area contributed by atoms with E-state index < -0.39 is 22.4 Å². The van der Waals surface area contributed by atoms with Crippen LogP contribution in [0.1, 0.15) is 6.92 Å². The van der Waals surface area contributed by atoms with Gasteiger partial charge in [0.1, 0.15) is 5.57 Å². The maximum absolute atomic E-state index is 12.2. The first-order valence-corrected chi connectivity index (χ1v) is 3.44. The lowest BCUT2D eigenvalue weighted by Crippen LogP contribution is -2.17. The maximum atomic E-state index is 12.2. The molecule has 0 radical (unpaired) electrons. The van der Waals surface area contributed by atoms with Gasteiger partial charge in [0.25, 0.3) is 5.70 Å². The molecule has 0 amide bonds. The quantitative estimate of drug-likeness (QED) is 0.405. The molecule has 14 heavy (non-hydrogen) atoms. The number of hydrogen-bond donors (Lipinski definition) is 0. The van der Waals surface area contributed by atoms with Gasteiger partial charge >= 0.3 is 6.18 Å². The van der Waals surface area contributed by atoms with Gasteiger partial charge in [-0.05, 0) is 19.6 Å². The summed E-state index contributed by atoms with van der Waals surface area (Å²) in [5, 5.41) is 10.1. The predicted octanol–water partition coefficient (Wildman–Crippen LogP) is 2.84. The monoisotopic (exact) mass is 207 g/mol. The zero-order chi connectivity index (χ0) is 11.5. The Morgan fingerprint density at radius 1 is 1.43 bits per heavy atom. The fourth-order valence-corrected chi connectivity index (χ4v) is 0.673. The SMILES string of the molecule is C=C(C)/C=C(\C(=C)[N+](=O)[O-])C(F)(F)F. The van der Waals surface area contributed by atoms with E-state index in [9.17, 15) is 23.3 Å². The van der Waals surface area contributed by atoms with Gasteiger partial charge in [-0.2, -0.15) is 13.2 Å². The van der Waals surface area contributed by atoms with Crippen LogP contribution in [0.3, 0.4) is 0 Å². The average molecular weight is 207 g/mol. The molecule has 0 atom stereocenters. The summed E-state index contributed by atoms with van der Waals surface area (Å²) < 4.78 is 36.6. The molecule has 0 saturated carbocycles. The largest absolute Gasteiger partial charge is 0.422 e. The second kappa shape index (κ2) is 4.08. The van der Waals surface area contributed by atoms with Crippen LogP contribution in [0.25, 0.3) is 0 Å². The average Bonchev–Trinajstić information content (AvgIpc) is 1.96. The molecule has 78 valence electrons. The highest BCUT2D eigenvalue weighted by molar-refractivity contribution is 5.33. The second-order valence-corrected chi connectivity index (χ2v) is 2.61. The summed E-state index contributed by atoms with van der Waals surface area (Å²) in [4.78, 5) is 8.93. The van der Waals surface area contributed by atoms with E-state index in [4.69, 9.17) is 0 Å². The molecule has 0 unspecified atom stereocenters. The Balaban J connectivity index is 5.24. The van der Waals surface area contributed by atoms with E-state index >= 15 is 0 Å². The number of allylic oxidation sites excluding steroid dienone is 3. The van der Waals surface area contributed by atoms with Gasteiger partial charge in [-0.1, -0.05) is 12.2 Å². The molecule has 0 aliphatic heterocycles. The summed E-state index contributed by atoms with van der Waals surface area (Å²) in [6.07, 6.45) is -4.20. The minimum Gasteiger partial charge on any atom is -0.258 e. The Kier molecular flexibility index (Phi) is 3.62. The van der Waals surface area contributed by atoms with E-state index in [2.05, 4.69) is 13.2 Å². The van der Waals surface area contributed by atoms with E-state index in [1.54, 1.807) is 0 Å². The Bertz CT molecular complexity index is 315. The molecule has 0 saturated heterocycles. The Hall–Kier alpha value is -1.59. The maximum Gasteiger partial charge on any atom is 0.422 e. The van der Waals surface area contributed by atoms with Crippen molar-refractivity contribution in [2.75, 3.05) is 0 Å². The second-order valence-electron chi connectivity index (χ2n) is 2.61. The topological polar surface area (TPSA) is 43.1 Å². The van der Waals surface area contributed by atoms with Gasteiger partial charge in [0.15, 0.2) is 0 Å². The summed E-state index contributed by atoms with van der Waals surface area (Å²) in [5.41, 5.74) is -2.49. The molecular formula is C8H8F3NO2. The molecule has 0 spiro atoms. The van der Waals surface area contributed by atoms with Crippen molar-refractivity contribution in [1.82, 2.24) is 0 Å². The third-order valence-corrected chi connectivity index (χ3v) is 1.23. The number of alkyl halides is 3. The third kappa shape index (κ3) is 3.42. The molecule has 0 aromatic heterocycles. The van der Waals surface area contributed by atoms with Crippen LogP contribution < -0.4 is 0 Å². The molecule has 0 aromatic carbocycles. The van der Waals surface area contributed by atoms with Crippen LogP contribution in [0.5, 0.6) is 0 Å². The lowest BCUT2D eigenvalue weighted by molar-refractivity contribution is -0.423. The molecular weight excluding hydrogens is 199 g/mol. The molecule has 0 fully saturated rings. The van der Waals surface area contributed by atoms with Crippen molar-refractivity contribution in [2.24, 2.45) is 0 Å². The molecule has 0 aliphatic carbocycles. The summed E-state index contributed by atoms with van der Waals surface area (Å²) >= 11 is 0. The Morgan fingerprint density at radius 3 is 2.07 bits per heavy atom. The molecule has 0 aromatic rings. The van der Waals surface area contributed by atoms with Gasteiger partial charge in [-0.15, -0.1) is 0 Å². The van der Waals surface area contributed by atoms with Crippen LogP contribution in [0.15, 0.2) is 36.1 Å². The van der Waals surface area contributed by atoms with Crippen molar-refractivity contribution in [2.45, 2.75) is 13.1 Å². The van der Waals surface area contributed by atoms with Crippen LogP contribution in [-0.2, 0) is 0 Å². The number of nitrogens with zero attached hydrogens (tertiary/aromatic N) is 1. The number of nitro groups is 1. The van der Waals surface area contributed by atoms with E-state index in [0.717, 1.165) is 0 Å². The van der Waals surface area contributed by atoms with Crippen LogP contribution in [0, 0.1) is 10.1 Å². The summed E-state index contributed by atoms with van der Waals surface area (Å²) in [5.74, 6) is 0. The highest BCUT2D eigenvalue weighted by Crippen LogP contribution is 2.31. The van der Waals surface area contributed by atoms with E-state index in [-0.39, 0.29) is 5.57 Å². The van der Waals surface area contributed by atoms with Crippen LogP contribution in [0.2, 0.25) is 0 Å². The summed E-state index contributed by atoms with van der Waals surface area (Å²) in [6, 6.07) is 0. The fourth-order valence-electron chi connectivity index (χ4n) is 0.673. The normalized spacial score (nSPS) is 12.4. The first-order chi connectivity index (χ1) is 6.16. The molecule has 0 bridgehead atoms. The number of halogens is 3. The first kappa shape index (κ1) is 12.4. The number of hydrogen-bond acceptors (Lipinski definition) is 2. The van der Waals surface area contributed by atoms with Crippen LogP contribution >= 0.6 is 0 Å². The van der Waals surface area contributed by atoms with Crippen LogP contribution in [0.4, 0.5) is 13.2 Å². The molecule has 0 aliphatic rings. The predicted molar refractivity (Wildman–Crippen MR) is 45.1 cm³/mol. The van der Waals surface area contributed by atoms with Gasteiger partial charge in [-0.25, -0.2) is 0 Å². The van der Waals surface area contributed by atoms with Crippen LogP contribution in [-0.4, -0.2) is 11.1 Å². The summed E-state index contributed by atoms with van der Waals surface area (Å²) in [6.45, 7) is 7.26. The highest BCUT2D eigenvalue weighted by atomic mass is 19.4. The minimum atomic E-state index is -4.79. The van der Waals surface area contributed by atoms with Crippen molar-refractivity contribution in [3.63, 3.8) is 0 Å². The molecule has 0 heterocycles. The fraction of sp³-hybridized carbons (Fsp3) is 0.250. The number of rotatable bonds is 3. The van der Waals surface area contributed by atoms with Gasteiger partial charge in [-0.3, -0.25) is 10.1 Å².